The van der Waals surface area contributed by atoms with Crippen molar-refractivity contribution in [1.29, 1.82) is 5.26 Å². The zero-order valence-corrected chi connectivity index (χ0v) is 20.7. The van der Waals surface area contributed by atoms with Gasteiger partial charge in [-0.3, -0.25) is 4.79 Å². The first-order chi connectivity index (χ1) is 16.8. The van der Waals surface area contributed by atoms with Crippen molar-refractivity contribution in [1.82, 2.24) is 20.2 Å². The maximum atomic E-state index is 12.2. The van der Waals surface area contributed by atoms with Gasteiger partial charge in [0.2, 0.25) is 5.95 Å². The van der Waals surface area contributed by atoms with Crippen LogP contribution in [0.5, 0.6) is 5.75 Å². The van der Waals surface area contributed by atoms with E-state index in [0.29, 0.717) is 34.4 Å². The number of piperidine rings is 1. The number of nitriles is 1. The van der Waals surface area contributed by atoms with E-state index in [0.717, 1.165) is 37.0 Å². The number of nitrogens with zero attached hydrogens (tertiary/aromatic N) is 4. The van der Waals surface area contributed by atoms with Crippen molar-refractivity contribution in [3.63, 3.8) is 0 Å². The molecule has 1 aromatic heterocycles. The smallest absolute Gasteiger partial charge is 0.251 e. The maximum absolute atomic E-state index is 12.2. The number of fused-ring (bicyclic) bond motifs is 1. The van der Waals surface area contributed by atoms with Gasteiger partial charge in [0, 0.05) is 54.1 Å². The van der Waals surface area contributed by atoms with Crippen LogP contribution >= 0.6 is 0 Å². The number of carbonyl (C=O) groups is 1. The molecule has 1 saturated heterocycles. The van der Waals surface area contributed by atoms with Crippen LogP contribution in [-0.4, -0.2) is 52.1 Å². The Kier molecular flexibility index (Phi) is 7.47. The number of hydrogen-bond acceptors (Lipinski definition) is 7. The molecule has 8 nitrogen and oxygen atoms in total. The Morgan fingerprint density at radius 3 is 2.49 bits per heavy atom. The van der Waals surface area contributed by atoms with Crippen molar-refractivity contribution in [2.45, 2.75) is 58.7 Å². The number of amides is 1. The van der Waals surface area contributed by atoms with E-state index >= 15 is 0 Å². The number of rotatable bonds is 7. The lowest BCUT2D eigenvalue weighted by molar-refractivity contribution is 0.0842. The number of benzene rings is 2. The van der Waals surface area contributed by atoms with Crippen LogP contribution in [0.4, 0.5) is 11.6 Å². The second kappa shape index (κ2) is 10.7. The van der Waals surface area contributed by atoms with Crippen LogP contribution < -0.4 is 15.4 Å². The number of aromatic nitrogens is 2. The first kappa shape index (κ1) is 24.4. The molecule has 182 valence electrons. The highest BCUT2D eigenvalue weighted by Crippen LogP contribution is 2.28. The van der Waals surface area contributed by atoms with Crippen LogP contribution in [0.3, 0.4) is 0 Å². The second-order valence-electron chi connectivity index (χ2n) is 9.49. The van der Waals surface area contributed by atoms with Crippen LogP contribution in [0.25, 0.3) is 10.9 Å². The van der Waals surface area contributed by atoms with Crippen molar-refractivity contribution in [2.75, 3.05) is 18.4 Å². The molecule has 4 rings (SSSR count). The van der Waals surface area contributed by atoms with E-state index in [1.807, 2.05) is 32.0 Å². The third-order valence-corrected chi connectivity index (χ3v) is 6.13. The fourth-order valence-corrected chi connectivity index (χ4v) is 4.17. The molecular weight excluding hydrogens is 440 g/mol. The summed E-state index contributed by atoms with van der Waals surface area (Å²) in [7, 11) is 0. The topological polar surface area (TPSA) is 103 Å². The highest BCUT2D eigenvalue weighted by molar-refractivity contribution is 5.94. The van der Waals surface area contributed by atoms with Gasteiger partial charge in [0.1, 0.15) is 17.9 Å². The Labute approximate surface area is 206 Å². The average molecular weight is 473 g/mol. The molecule has 35 heavy (non-hydrogen) atoms. The van der Waals surface area contributed by atoms with Gasteiger partial charge < -0.3 is 20.3 Å². The molecule has 0 spiro atoms. The number of nitrogens with one attached hydrogen (secondary N) is 2. The monoisotopic (exact) mass is 472 g/mol. The Balaban J connectivity index is 1.49. The molecule has 1 amide bonds. The van der Waals surface area contributed by atoms with Crippen LogP contribution in [0.1, 0.15) is 56.5 Å². The van der Waals surface area contributed by atoms with Crippen molar-refractivity contribution in [2.24, 2.45) is 0 Å². The molecule has 0 radical (unpaired) electrons. The van der Waals surface area contributed by atoms with Crippen LogP contribution in [0.2, 0.25) is 0 Å². The average Bonchev–Trinajstić information content (AvgIpc) is 2.84. The minimum absolute atomic E-state index is 0.0783. The van der Waals surface area contributed by atoms with E-state index in [-0.39, 0.29) is 18.1 Å². The Bertz CT molecular complexity index is 1220. The summed E-state index contributed by atoms with van der Waals surface area (Å²) in [6.07, 6.45) is 3.65. The Morgan fingerprint density at radius 2 is 1.86 bits per heavy atom. The summed E-state index contributed by atoms with van der Waals surface area (Å²) in [4.78, 5) is 23.6. The predicted molar refractivity (Wildman–Crippen MR) is 137 cm³/mol. The summed E-state index contributed by atoms with van der Waals surface area (Å²) in [5.41, 5.74) is 2.55. The molecule has 1 aliphatic rings. The SMILES string of the molecule is CC(C)NC(=O)c1ccc(Nc2ncc3cc(C#N)c(OC4CCN(C(C)C)CC4)cc3n2)cc1. The van der Waals surface area contributed by atoms with Gasteiger partial charge in [0.15, 0.2) is 0 Å². The summed E-state index contributed by atoms with van der Waals surface area (Å²) >= 11 is 0. The fourth-order valence-electron chi connectivity index (χ4n) is 4.17. The van der Waals surface area contributed by atoms with Crippen LogP contribution in [0.15, 0.2) is 42.6 Å². The van der Waals surface area contributed by atoms with E-state index in [4.69, 9.17) is 4.74 Å². The summed E-state index contributed by atoms with van der Waals surface area (Å²) in [6, 6.07) is 13.6. The van der Waals surface area contributed by atoms with Gasteiger partial charge in [0.05, 0.1) is 11.1 Å². The zero-order chi connectivity index (χ0) is 24.9. The van der Waals surface area contributed by atoms with Crippen molar-refractivity contribution < 1.29 is 9.53 Å². The number of likely N-dealkylation sites (tertiary alicyclic amines) is 1. The molecule has 1 aliphatic heterocycles. The second-order valence-corrected chi connectivity index (χ2v) is 9.49. The van der Waals surface area contributed by atoms with Gasteiger partial charge >= 0.3 is 0 Å². The number of carbonyl (C=O) groups excluding carboxylic acids is 1. The maximum Gasteiger partial charge on any atom is 0.251 e. The predicted octanol–water partition coefficient (Wildman–Crippen LogP) is 4.63. The quantitative estimate of drug-likeness (QED) is 0.516. The van der Waals surface area contributed by atoms with E-state index in [1.165, 1.54) is 0 Å². The van der Waals surface area contributed by atoms with Gasteiger partial charge in [-0.25, -0.2) is 9.97 Å². The molecule has 3 aromatic rings. The standard InChI is InChI=1S/C27H32N6O2/c1-17(2)30-26(34)19-5-7-22(8-6-19)31-27-29-16-21-13-20(15-28)25(14-24(21)32-27)35-23-9-11-33(12-10-23)18(3)4/h5-8,13-14,16-18,23H,9-12H2,1-4H3,(H,30,34)(H,29,31,32). The minimum Gasteiger partial charge on any atom is -0.489 e. The van der Waals surface area contributed by atoms with Crippen LogP contribution in [0, 0.1) is 11.3 Å². The van der Waals surface area contributed by atoms with Gasteiger partial charge in [-0.1, -0.05) is 0 Å². The Morgan fingerprint density at radius 1 is 1.14 bits per heavy atom. The molecule has 0 atom stereocenters. The zero-order valence-electron chi connectivity index (χ0n) is 20.7. The molecule has 2 aromatic carbocycles. The summed E-state index contributed by atoms with van der Waals surface area (Å²) in [6.45, 7) is 10.3. The molecular formula is C27H32N6O2. The highest BCUT2D eigenvalue weighted by Gasteiger charge is 2.23. The van der Waals surface area contributed by atoms with Gasteiger partial charge in [-0.05, 0) is 70.9 Å². The number of hydrogen-bond donors (Lipinski definition) is 2. The molecule has 1 fully saturated rings. The third-order valence-electron chi connectivity index (χ3n) is 6.13. The molecule has 0 saturated carbocycles. The lowest BCUT2D eigenvalue weighted by Gasteiger charge is -2.34. The summed E-state index contributed by atoms with van der Waals surface area (Å²) in [5, 5.41) is 16.5. The first-order valence-electron chi connectivity index (χ1n) is 12.1. The first-order valence-corrected chi connectivity index (χ1v) is 12.1. The van der Waals surface area contributed by atoms with Crippen molar-refractivity contribution >= 4 is 28.4 Å². The normalized spacial score (nSPS) is 14.8. The fraction of sp³-hybridized carbons (Fsp3) is 0.407. The summed E-state index contributed by atoms with van der Waals surface area (Å²) < 4.78 is 6.27. The van der Waals surface area contributed by atoms with Gasteiger partial charge in [-0.2, -0.15) is 5.26 Å². The highest BCUT2D eigenvalue weighted by atomic mass is 16.5. The number of anilines is 2. The molecule has 2 N–H and O–H groups in total. The summed E-state index contributed by atoms with van der Waals surface area (Å²) in [5.74, 6) is 0.884. The lowest BCUT2D eigenvalue weighted by atomic mass is 10.1. The van der Waals surface area contributed by atoms with Crippen molar-refractivity contribution in [3.05, 3.63) is 53.7 Å². The Hall–Kier alpha value is -3.70. The number of ether oxygens (including phenoxy) is 1. The molecule has 0 unspecified atom stereocenters. The van der Waals surface area contributed by atoms with E-state index < -0.39 is 0 Å². The molecule has 8 heteroatoms. The van der Waals surface area contributed by atoms with Crippen LogP contribution in [-0.2, 0) is 0 Å². The lowest BCUT2D eigenvalue weighted by Crippen LogP contribution is -2.41. The third kappa shape index (κ3) is 6.06. The molecule has 0 aliphatic carbocycles. The van der Waals surface area contributed by atoms with E-state index in [2.05, 4.69) is 45.4 Å². The van der Waals surface area contributed by atoms with E-state index in [9.17, 15) is 10.1 Å². The van der Waals surface area contributed by atoms with Crippen molar-refractivity contribution in [3.8, 4) is 11.8 Å². The largest absolute Gasteiger partial charge is 0.489 e. The van der Waals surface area contributed by atoms with Gasteiger partial charge in [0.25, 0.3) is 5.91 Å². The molecule has 0 bridgehead atoms. The minimum atomic E-state index is -0.107. The van der Waals surface area contributed by atoms with E-state index in [1.54, 1.807) is 24.4 Å². The van der Waals surface area contributed by atoms with Gasteiger partial charge in [-0.15, -0.1) is 0 Å². The molecule has 2 heterocycles.